The van der Waals surface area contributed by atoms with Crippen LogP contribution < -0.4 is 0 Å². The summed E-state index contributed by atoms with van der Waals surface area (Å²) in [5, 5.41) is 9.73. The summed E-state index contributed by atoms with van der Waals surface area (Å²) in [7, 11) is 0. The second kappa shape index (κ2) is 3.90. The number of halogens is 2. The van der Waals surface area contributed by atoms with E-state index in [-0.39, 0.29) is 5.88 Å². The maximum Gasteiger partial charge on any atom is 0.109 e. The lowest BCUT2D eigenvalue weighted by molar-refractivity contribution is 0.197. The Kier molecular flexibility index (Phi) is 3.12. The Morgan fingerprint density at radius 3 is 2.73 bits per heavy atom. The van der Waals surface area contributed by atoms with Crippen LogP contribution in [0.4, 0.5) is 0 Å². The Hall–Kier alpha value is -0.310. The molecule has 1 N–H and O–H groups in total. The van der Waals surface area contributed by atoms with Gasteiger partial charge in [-0.15, -0.1) is 11.6 Å². The molecule has 0 aromatic carbocycles. The van der Waals surface area contributed by atoms with Gasteiger partial charge in [-0.25, -0.2) is 0 Å². The van der Waals surface area contributed by atoms with Crippen molar-refractivity contribution in [3.8, 4) is 0 Å². The summed E-state index contributed by atoms with van der Waals surface area (Å²) in [4.78, 5) is 3.88. The molecule has 1 heterocycles. The molecule has 0 amide bonds. The smallest absolute Gasteiger partial charge is 0.109 e. The zero-order valence-electron chi connectivity index (χ0n) is 5.67. The van der Waals surface area contributed by atoms with Crippen molar-refractivity contribution in [1.29, 1.82) is 0 Å². The molecule has 1 aromatic rings. The van der Waals surface area contributed by atoms with Crippen molar-refractivity contribution in [3.63, 3.8) is 0 Å². The average Bonchev–Trinajstić information content (AvgIpc) is 2.05. The lowest BCUT2D eigenvalue weighted by Crippen LogP contribution is -2.00. The summed E-state index contributed by atoms with van der Waals surface area (Å²) in [6.07, 6.45) is 0.779. The molecule has 60 valence electrons. The maximum atomic E-state index is 9.18. The van der Waals surface area contributed by atoms with Crippen LogP contribution in [0, 0.1) is 0 Å². The molecule has 0 aliphatic rings. The van der Waals surface area contributed by atoms with Crippen LogP contribution in [0.5, 0.6) is 0 Å². The molecule has 0 aliphatic heterocycles. The summed E-state index contributed by atoms with van der Waals surface area (Å²) < 4.78 is 0. The van der Waals surface area contributed by atoms with Crippen molar-refractivity contribution in [2.24, 2.45) is 0 Å². The Balaban J connectivity index is 2.81. The molecule has 0 radical (unpaired) electrons. The standard InChI is InChI=1S/C7H7Cl2NO/c8-3-7(11)6-2-1-5(9)4-10-6/h1-2,4,7,11H,3H2. The number of aliphatic hydroxyl groups excluding tert-OH is 1. The summed E-state index contributed by atoms with van der Waals surface area (Å²) in [5.41, 5.74) is 0.546. The molecule has 11 heavy (non-hydrogen) atoms. The van der Waals surface area contributed by atoms with E-state index in [0.717, 1.165) is 0 Å². The van der Waals surface area contributed by atoms with Crippen LogP contribution in [0.3, 0.4) is 0 Å². The fourth-order valence-electron chi connectivity index (χ4n) is 0.663. The summed E-state index contributed by atoms with van der Waals surface area (Å²) in [6, 6.07) is 3.31. The minimum atomic E-state index is -0.700. The highest BCUT2D eigenvalue weighted by molar-refractivity contribution is 6.30. The van der Waals surface area contributed by atoms with Gasteiger partial charge in [-0.2, -0.15) is 0 Å². The zero-order valence-corrected chi connectivity index (χ0v) is 7.18. The lowest BCUT2D eigenvalue weighted by Gasteiger charge is -2.04. The van der Waals surface area contributed by atoms with Crippen LogP contribution in [-0.4, -0.2) is 16.0 Å². The molecule has 0 bridgehead atoms. The normalized spacial score (nSPS) is 13.0. The molecule has 1 aromatic heterocycles. The van der Waals surface area contributed by atoms with Crippen LogP contribution in [0.15, 0.2) is 18.3 Å². The van der Waals surface area contributed by atoms with Gasteiger partial charge in [-0.3, -0.25) is 4.98 Å². The van der Waals surface area contributed by atoms with Gasteiger partial charge in [0.25, 0.3) is 0 Å². The Labute approximate surface area is 74.8 Å². The molecular formula is C7H7Cl2NO. The highest BCUT2D eigenvalue weighted by Crippen LogP contribution is 2.13. The van der Waals surface area contributed by atoms with Crippen molar-refractivity contribution in [1.82, 2.24) is 4.98 Å². The van der Waals surface area contributed by atoms with E-state index in [0.29, 0.717) is 10.7 Å². The van der Waals surface area contributed by atoms with E-state index in [9.17, 15) is 5.11 Å². The number of aliphatic hydroxyl groups is 1. The minimum absolute atomic E-state index is 0.147. The second-order valence-corrected chi connectivity index (χ2v) is 2.82. The van der Waals surface area contributed by atoms with Gasteiger partial charge in [-0.1, -0.05) is 11.6 Å². The van der Waals surface area contributed by atoms with Gasteiger partial charge in [0.2, 0.25) is 0 Å². The highest BCUT2D eigenvalue weighted by atomic mass is 35.5. The summed E-state index contributed by atoms with van der Waals surface area (Å²) in [6.45, 7) is 0. The lowest BCUT2D eigenvalue weighted by atomic mass is 10.2. The largest absolute Gasteiger partial charge is 0.386 e. The first kappa shape index (κ1) is 8.78. The highest BCUT2D eigenvalue weighted by Gasteiger charge is 2.05. The third-order valence-electron chi connectivity index (χ3n) is 1.24. The third kappa shape index (κ3) is 2.33. The zero-order chi connectivity index (χ0) is 8.27. The Bertz CT molecular complexity index is 224. The number of hydrogen-bond acceptors (Lipinski definition) is 2. The Morgan fingerprint density at radius 2 is 2.27 bits per heavy atom. The predicted molar refractivity (Wildman–Crippen MR) is 44.9 cm³/mol. The quantitative estimate of drug-likeness (QED) is 0.727. The number of aromatic nitrogens is 1. The van der Waals surface area contributed by atoms with Gasteiger partial charge in [-0.05, 0) is 12.1 Å². The third-order valence-corrected chi connectivity index (χ3v) is 1.75. The van der Waals surface area contributed by atoms with Crippen LogP contribution in [0.25, 0.3) is 0 Å². The SMILES string of the molecule is OC(CCl)c1ccc(Cl)cn1. The monoisotopic (exact) mass is 191 g/mol. The fourth-order valence-corrected chi connectivity index (χ4v) is 0.933. The summed E-state index contributed by atoms with van der Waals surface area (Å²) in [5.74, 6) is 0.147. The van der Waals surface area contributed by atoms with Gasteiger partial charge < -0.3 is 5.11 Å². The van der Waals surface area contributed by atoms with Crippen LogP contribution in [0.1, 0.15) is 11.8 Å². The maximum absolute atomic E-state index is 9.18. The number of rotatable bonds is 2. The van der Waals surface area contributed by atoms with Crippen molar-refractivity contribution in [2.45, 2.75) is 6.10 Å². The molecule has 0 saturated carbocycles. The van der Waals surface area contributed by atoms with E-state index in [1.54, 1.807) is 12.1 Å². The van der Waals surface area contributed by atoms with E-state index in [1.165, 1.54) is 6.20 Å². The van der Waals surface area contributed by atoms with E-state index in [1.807, 2.05) is 0 Å². The Morgan fingerprint density at radius 1 is 1.55 bits per heavy atom. The molecular weight excluding hydrogens is 185 g/mol. The van der Waals surface area contributed by atoms with E-state index >= 15 is 0 Å². The average molecular weight is 192 g/mol. The number of nitrogens with zero attached hydrogens (tertiary/aromatic N) is 1. The topological polar surface area (TPSA) is 33.1 Å². The molecule has 0 spiro atoms. The van der Waals surface area contributed by atoms with Crippen molar-refractivity contribution >= 4 is 23.2 Å². The van der Waals surface area contributed by atoms with E-state index in [4.69, 9.17) is 23.2 Å². The first-order chi connectivity index (χ1) is 5.24. The predicted octanol–water partition coefficient (Wildman–Crippen LogP) is 2.01. The number of hydrogen-bond donors (Lipinski definition) is 1. The van der Waals surface area contributed by atoms with Gasteiger partial charge in [0.05, 0.1) is 16.6 Å². The molecule has 4 heteroatoms. The first-order valence-electron chi connectivity index (χ1n) is 3.09. The first-order valence-corrected chi connectivity index (χ1v) is 4.01. The van der Waals surface area contributed by atoms with Crippen LogP contribution in [0.2, 0.25) is 5.02 Å². The molecule has 1 unspecified atom stereocenters. The number of pyridine rings is 1. The van der Waals surface area contributed by atoms with Crippen LogP contribution >= 0.6 is 23.2 Å². The van der Waals surface area contributed by atoms with Crippen molar-refractivity contribution in [3.05, 3.63) is 29.0 Å². The summed E-state index contributed by atoms with van der Waals surface area (Å²) >= 11 is 11.0. The molecule has 0 aliphatic carbocycles. The number of alkyl halides is 1. The molecule has 2 nitrogen and oxygen atoms in total. The molecule has 1 atom stereocenters. The van der Waals surface area contributed by atoms with Gasteiger partial charge in [0.1, 0.15) is 6.10 Å². The minimum Gasteiger partial charge on any atom is -0.386 e. The molecule has 0 fully saturated rings. The molecule has 0 saturated heterocycles. The van der Waals surface area contributed by atoms with Gasteiger partial charge >= 0.3 is 0 Å². The van der Waals surface area contributed by atoms with Crippen molar-refractivity contribution in [2.75, 3.05) is 5.88 Å². The van der Waals surface area contributed by atoms with Crippen LogP contribution in [-0.2, 0) is 0 Å². The van der Waals surface area contributed by atoms with E-state index < -0.39 is 6.10 Å². The molecule has 1 rings (SSSR count). The van der Waals surface area contributed by atoms with Gasteiger partial charge in [0, 0.05) is 6.20 Å². The fraction of sp³-hybridized carbons (Fsp3) is 0.286. The second-order valence-electron chi connectivity index (χ2n) is 2.07. The van der Waals surface area contributed by atoms with E-state index in [2.05, 4.69) is 4.98 Å². The van der Waals surface area contributed by atoms with Crippen molar-refractivity contribution < 1.29 is 5.11 Å². The van der Waals surface area contributed by atoms with Gasteiger partial charge in [0.15, 0.2) is 0 Å².